The number of aryl methyl sites for hydroxylation is 1. The molecule has 0 saturated heterocycles. The molecule has 1 heterocycles. The predicted molar refractivity (Wildman–Crippen MR) is 77.6 cm³/mol. The average molecular weight is 258 g/mol. The van der Waals surface area contributed by atoms with Crippen molar-refractivity contribution in [2.45, 2.75) is 32.1 Å². The van der Waals surface area contributed by atoms with Crippen LogP contribution in [-0.4, -0.2) is 30.9 Å². The minimum absolute atomic E-state index is 0.167. The smallest absolute Gasteiger partial charge is 0.253 e. The molecule has 0 aromatic heterocycles. The van der Waals surface area contributed by atoms with Gasteiger partial charge in [-0.25, -0.2) is 0 Å². The number of amides is 1. The number of anilines is 1. The number of hydrogen-bond acceptors (Lipinski definition) is 2. The van der Waals surface area contributed by atoms with Crippen molar-refractivity contribution >= 4 is 11.6 Å². The minimum atomic E-state index is 0.167. The monoisotopic (exact) mass is 258 g/mol. The Labute approximate surface area is 115 Å². The van der Waals surface area contributed by atoms with Crippen molar-refractivity contribution < 1.29 is 4.79 Å². The number of hydrogen-bond donors (Lipinski definition) is 1. The van der Waals surface area contributed by atoms with Crippen molar-refractivity contribution in [1.29, 1.82) is 0 Å². The second-order valence-corrected chi connectivity index (χ2v) is 5.88. The van der Waals surface area contributed by atoms with Crippen LogP contribution in [0.1, 0.15) is 41.6 Å². The third kappa shape index (κ3) is 2.60. The van der Waals surface area contributed by atoms with E-state index in [-0.39, 0.29) is 5.91 Å². The Balaban J connectivity index is 1.71. The summed E-state index contributed by atoms with van der Waals surface area (Å²) in [6.45, 7) is 1.95. The van der Waals surface area contributed by atoms with Crippen LogP contribution in [0.3, 0.4) is 0 Å². The van der Waals surface area contributed by atoms with Gasteiger partial charge in [-0.15, -0.1) is 0 Å². The Hall–Kier alpha value is -1.51. The Morgan fingerprint density at radius 3 is 2.95 bits per heavy atom. The second kappa shape index (κ2) is 5.24. The first-order valence-corrected chi connectivity index (χ1v) is 7.36. The summed E-state index contributed by atoms with van der Waals surface area (Å²) in [6, 6.07) is 6.08. The molecule has 102 valence electrons. The summed E-state index contributed by atoms with van der Waals surface area (Å²) in [5.41, 5.74) is 3.32. The zero-order chi connectivity index (χ0) is 13.2. The van der Waals surface area contributed by atoms with Gasteiger partial charge in [0.15, 0.2) is 0 Å². The summed E-state index contributed by atoms with van der Waals surface area (Å²) in [4.78, 5) is 14.3. The lowest BCUT2D eigenvalue weighted by Gasteiger charge is -2.30. The quantitative estimate of drug-likeness (QED) is 0.904. The molecule has 3 heteroatoms. The largest absolute Gasteiger partial charge is 0.385 e. The molecule has 1 aromatic rings. The molecule has 3 nitrogen and oxygen atoms in total. The molecule has 0 atom stereocenters. The predicted octanol–water partition coefficient (Wildman–Crippen LogP) is 2.92. The van der Waals surface area contributed by atoms with E-state index >= 15 is 0 Å². The highest BCUT2D eigenvalue weighted by molar-refractivity contribution is 5.94. The van der Waals surface area contributed by atoms with Crippen LogP contribution in [0.25, 0.3) is 0 Å². The molecule has 0 unspecified atom stereocenters. The highest BCUT2D eigenvalue weighted by atomic mass is 16.2. The van der Waals surface area contributed by atoms with E-state index in [0.717, 1.165) is 37.4 Å². The Morgan fingerprint density at radius 2 is 2.21 bits per heavy atom. The van der Waals surface area contributed by atoms with Crippen molar-refractivity contribution in [2.75, 3.05) is 25.5 Å². The third-order valence-corrected chi connectivity index (χ3v) is 4.39. The van der Waals surface area contributed by atoms with E-state index in [2.05, 4.69) is 17.4 Å². The summed E-state index contributed by atoms with van der Waals surface area (Å²) >= 11 is 0. The lowest BCUT2D eigenvalue weighted by molar-refractivity contribution is 0.0745. The van der Waals surface area contributed by atoms with Crippen LogP contribution in [0.15, 0.2) is 18.2 Å². The fourth-order valence-electron chi connectivity index (χ4n) is 2.97. The van der Waals surface area contributed by atoms with Gasteiger partial charge in [-0.1, -0.05) is 6.42 Å². The molecule has 1 aromatic carbocycles. The number of nitrogens with one attached hydrogen (secondary N) is 1. The number of rotatable bonds is 3. The van der Waals surface area contributed by atoms with Gasteiger partial charge in [0.1, 0.15) is 0 Å². The van der Waals surface area contributed by atoms with Crippen LogP contribution in [0.4, 0.5) is 5.69 Å². The molecule has 1 saturated carbocycles. The van der Waals surface area contributed by atoms with Gasteiger partial charge in [0, 0.05) is 31.4 Å². The maximum atomic E-state index is 12.4. The fraction of sp³-hybridized carbons (Fsp3) is 0.562. The molecule has 1 amide bonds. The summed E-state index contributed by atoms with van der Waals surface area (Å²) in [6.07, 6.45) is 6.13. The Bertz CT molecular complexity index is 480. The third-order valence-electron chi connectivity index (χ3n) is 4.39. The van der Waals surface area contributed by atoms with Crippen molar-refractivity contribution in [1.82, 2.24) is 4.90 Å². The summed E-state index contributed by atoms with van der Waals surface area (Å²) in [5.74, 6) is 0.897. The number of carbonyl (C=O) groups excluding carboxylic acids is 1. The molecule has 0 bridgehead atoms. The van der Waals surface area contributed by atoms with Crippen molar-refractivity contribution in [3.05, 3.63) is 29.3 Å². The van der Waals surface area contributed by atoms with Crippen LogP contribution < -0.4 is 5.32 Å². The van der Waals surface area contributed by atoms with Crippen molar-refractivity contribution in [2.24, 2.45) is 5.92 Å². The maximum Gasteiger partial charge on any atom is 0.253 e. The minimum Gasteiger partial charge on any atom is -0.385 e. The first-order chi connectivity index (χ1) is 9.24. The number of fused-ring (bicyclic) bond motifs is 1. The lowest BCUT2D eigenvalue weighted by atomic mass is 9.85. The number of nitrogens with zero attached hydrogens (tertiary/aromatic N) is 1. The molecule has 2 aliphatic rings. The van der Waals surface area contributed by atoms with Gasteiger partial charge in [0.2, 0.25) is 0 Å². The SMILES string of the molecule is CN(CC1CCC1)C(=O)c1ccc2c(c1)CCCN2. The van der Waals surface area contributed by atoms with Crippen LogP contribution >= 0.6 is 0 Å². The van der Waals surface area contributed by atoms with E-state index in [1.807, 2.05) is 18.0 Å². The lowest BCUT2D eigenvalue weighted by Crippen LogP contribution is -2.34. The van der Waals surface area contributed by atoms with Crippen LogP contribution in [0, 0.1) is 5.92 Å². The van der Waals surface area contributed by atoms with Gasteiger partial charge in [-0.3, -0.25) is 4.79 Å². The molecule has 1 N–H and O–H groups in total. The zero-order valence-electron chi connectivity index (χ0n) is 11.6. The van der Waals surface area contributed by atoms with E-state index in [9.17, 15) is 4.79 Å². The molecule has 3 rings (SSSR count). The van der Waals surface area contributed by atoms with Crippen LogP contribution in [0.2, 0.25) is 0 Å². The van der Waals surface area contributed by atoms with Gasteiger partial charge in [0.25, 0.3) is 5.91 Å². The molecule has 19 heavy (non-hydrogen) atoms. The van der Waals surface area contributed by atoms with Gasteiger partial charge in [0.05, 0.1) is 0 Å². The first kappa shape index (κ1) is 12.5. The van der Waals surface area contributed by atoms with Gasteiger partial charge in [-0.05, 0) is 55.4 Å². The van der Waals surface area contributed by atoms with Crippen molar-refractivity contribution in [3.63, 3.8) is 0 Å². The maximum absolute atomic E-state index is 12.4. The fourth-order valence-corrected chi connectivity index (χ4v) is 2.97. The molecule has 0 spiro atoms. The van der Waals surface area contributed by atoms with Crippen LogP contribution in [-0.2, 0) is 6.42 Å². The topological polar surface area (TPSA) is 32.3 Å². The van der Waals surface area contributed by atoms with Gasteiger partial charge in [-0.2, -0.15) is 0 Å². The average Bonchev–Trinajstić information content (AvgIpc) is 2.41. The van der Waals surface area contributed by atoms with Gasteiger partial charge < -0.3 is 10.2 Å². The van der Waals surface area contributed by atoms with Crippen LogP contribution in [0.5, 0.6) is 0 Å². The van der Waals surface area contributed by atoms with E-state index in [1.54, 1.807) is 0 Å². The van der Waals surface area contributed by atoms with E-state index in [1.165, 1.54) is 30.5 Å². The first-order valence-electron chi connectivity index (χ1n) is 7.36. The molecule has 0 radical (unpaired) electrons. The number of benzene rings is 1. The summed E-state index contributed by atoms with van der Waals surface area (Å²) < 4.78 is 0. The number of carbonyl (C=O) groups is 1. The van der Waals surface area contributed by atoms with Gasteiger partial charge >= 0.3 is 0 Å². The highest BCUT2D eigenvalue weighted by Crippen LogP contribution is 2.28. The standard InChI is InChI=1S/C16H22N2O/c1-18(11-12-4-2-5-12)16(19)14-7-8-15-13(10-14)6-3-9-17-15/h7-8,10,12,17H,2-6,9,11H2,1H3. The highest BCUT2D eigenvalue weighted by Gasteiger charge is 2.22. The summed E-state index contributed by atoms with van der Waals surface area (Å²) in [5, 5.41) is 3.38. The van der Waals surface area contributed by atoms with Crippen molar-refractivity contribution in [3.8, 4) is 0 Å². The normalized spacial score (nSPS) is 18.2. The molecular weight excluding hydrogens is 236 g/mol. The molecule has 1 aliphatic heterocycles. The van der Waals surface area contributed by atoms with E-state index in [4.69, 9.17) is 0 Å². The Kier molecular flexibility index (Phi) is 3.45. The molecular formula is C16H22N2O. The van der Waals surface area contributed by atoms with E-state index < -0.39 is 0 Å². The zero-order valence-corrected chi connectivity index (χ0v) is 11.6. The molecule has 1 aliphatic carbocycles. The molecule has 1 fully saturated rings. The Morgan fingerprint density at radius 1 is 1.37 bits per heavy atom. The second-order valence-electron chi connectivity index (χ2n) is 5.88. The summed E-state index contributed by atoms with van der Waals surface area (Å²) in [7, 11) is 1.93. The van der Waals surface area contributed by atoms with E-state index in [0.29, 0.717) is 0 Å².